The second kappa shape index (κ2) is 3.19. The molecule has 10 heavy (non-hydrogen) atoms. The van der Waals surface area contributed by atoms with Crippen molar-refractivity contribution in [2.24, 2.45) is 0 Å². The van der Waals surface area contributed by atoms with Gasteiger partial charge in [-0.15, -0.1) is 4.13 Å². The highest BCUT2D eigenvalue weighted by Crippen LogP contribution is 1.84. The Morgan fingerprint density at radius 1 is 1.60 bits per heavy atom. The Bertz CT molecular complexity index is 253. The average Bonchev–Trinajstić information content (AvgIpc) is 1.60. The fourth-order valence-electron chi connectivity index (χ4n) is 0.148. The zero-order chi connectivity index (χ0) is 8.36. The van der Waals surface area contributed by atoms with Gasteiger partial charge >= 0.3 is 0 Å². The molecule has 0 saturated heterocycles. The van der Waals surface area contributed by atoms with E-state index in [2.05, 4.69) is 0 Å². The van der Waals surface area contributed by atoms with Gasteiger partial charge in [0.15, 0.2) is 0 Å². The SMILES string of the molecule is CC(=O)S(=O)(=O)NS(=O)[O-]. The summed E-state index contributed by atoms with van der Waals surface area (Å²) in [5, 5.41) is -1.24. The van der Waals surface area contributed by atoms with Crippen molar-refractivity contribution < 1.29 is 22.0 Å². The second-order valence-electron chi connectivity index (χ2n) is 1.31. The molecule has 0 radical (unpaired) electrons. The largest absolute Gasteiger partial charge is 0.759 e. The van der Waals surface area contributed by atoms with Crippen molar-refractivity contribution in [1.82, 2.24) is 4.13 Å². The predicted octanol–water partition coefficient (Wildman–Crippen LogP) is -1.75. The third kappa shape index (κ3) is 3.01. The number of rotatable bonds is 2. The first-order chi connectivity index (χ1) is 4.36. The van der Waals surface area contributed by atoms with E-state index in [9.17, 15) is 22.0 Å². The maximum Gasteiger partial charge on any atom is 0.284 e. The quantitative estimate of drug-likeness (QED) is 0.515. The van der Waals surface area contributed by atoms with Crippen molar-refractivity contribution in [2.45, 2.75) is 6.92 Å². The van der Waals surface area contributed by atoms with E-state index in [1.165, 1.54) is 0 Å². The molecule has 0 spiro atoms. The molecule has 8 heteroatoms. The highest BCUT2D eigenvalue weighted by molar-refractivity contribution is 8.10. The minimum absolute atomic E-state index is 0.745. The molecular weight excluding hydrogens is 182 g/mol. The van der Waals surface area contributed by atoms with E-state index in [1.54, 1.807) is 0 Å². The molecule has 6 nitrogen and oxygen atoms in total. The van der Waals surface area contributed by atoms with Crippen LogP contribution in [0.15, 0.2) is 0 Å². The van der Waals surface area contributed by atoms with Crippen LogP contribution in [0.5, 0.6) is 0 Å². The molecule has 0 amide bonds. The van der Waals surface area contributed by atoms with Gasteiger partial charge in [-0.25, -0.2) is 8.42 Å². The van der Waals surface area contributed by atoms with Crippen molar-refractivity contribution in [3.8, 4) is 0 Å². The predicted molar refractivity (Wildman–Crippen MR) is 31.7 cm³/mol. The maximum atomic E-state index is 10.3. The molecule has 60 valence electrons. The minimum atomic E-state index is -4.30. The Hall–Kier alpha value is -0.310. The molecule has 0 rings (SSSR count). The van der Waals surface area contributed by atoms with Crippen LogP contribution in [0.3, 0.4) is 0 Å². The van der Waals surface area contributed by atoms with Gasteiger partial charge in [0.05, 0.1) is 0 Å². The van der Waals surface area contributed by atoms with E-state index in [0.29, 0.717) is 0 Å². The summed E-state index contributed by atoms with van der Waals surface area (Å²) in [6, 6.07) is 0. The standard InChI is InChI=1S/C2H5NO5S2/c1-2(4)10(7,8)3-9(5)6/h3H,1H3,(H,5,6)/p-1. The number of carbonyl (C=O) groups is 1. The summed E-state index contributed by atoms with van der Waals surface area (Å²) in [6.07, 6.45) is 0. The molecule has 0 saturated carbocycles. The smallest absolute Gasteiger partial charge is 0.284 e. The van der Waals surface area contributed by atoms with Crippen LogP contribution in [0, 0.1) is 0 Å². The molecular formula is C2H4NO5S2-. The topological polar surface area (TPSA) is 103 Å². The molecule has 1 unspecified atom stereocenters. The number of carbonyl (C=O) groups excluding carboxylic acids is 1. The summed E-state index contributed by atoms with van der Waals surface area (Å²) in [5.41, 5.74) is 0. The van der Waals surface area contributed by atoms with E-state index < -0.39 is 26.4 Å². The molecule has 1 atom stereocenters. The third-order valence-corrected chi connectivity index (χ3v) is 2.74. The van der Waals surface area contributed by atoms with Crippen LogP contribution in [-0.4, -0.2) is 22.3 Å². The van der Waals surface area contributed by atoms with Gasteiger partial charge < -0.3 is 4.55 Å². The number of hydrogen-bond donors (Lipinski definition) is 1. The van der Waals surface area contributed by atoms with Crippen molar-refractivity contribution in [1.29, 1.82) is 0 Å². The molecule has 1 N–H and O–H groups in total. The Morgan fingerprint density at radius 3 is 2.10 bits per heavy atom. The summed E-state index contributed by atoms with van der Waals surface area (Å²) in [4.78, 5) is 10.1. The van der Waals surface area contributed by atoms with Crippen LogP contribution in [-0.2, 0) is 26.1 Å². The lowest BCUT2D eigenvalue weighted by Crippen LogP contribution is -2.30. The van der Waals surface area contributed by atoms with Crippen LogP contribution < -0.4 is 4.13 Å². The summed E-state index contributed by atoms with van der Waals surface area (Å²) < 4.78 is 41.0. The van der Waals surface area contributed by atoms with Gasteiger partial charge in [0.2, 0.25) is 0 Å². The van der Waals surface area contributed by atoms with E-state index in [0.717, 1.165) is 11.1 Å². The van der Waals surface area contributed by atoms with Crippen LogP contribution >= 0.6 is 0 Å². The highest BCUT2D eigenvalue weighted by atomic mass is 32.3. The molecule has 0 aromatic heterocycles. The fraction of sp³-hybridized carbons (Fsp3) is 0.500. The first kappa shape index (κ1) is 9.69. The molecule has 0 aliphatic heterocycles. The molecule has 0 aromatic carbocycles. The normalized spacial score (nSPS) is 14.6. The highest BCUT2D eigenvalue weighted by Gasteiger charge is 2.15. The molecule has 0 fully saturated rings. The van der Waals surface area contributed by atoms with Crippen LogP contribution in [0.25, 0.3) is 0 Å². The monoisotopic (exact) mass is 186 g/mol. The Labute approximate surface area is 60.1 Å². The van der Waals surface area contributed by atoms with Gasteiger partial charge in [0, 0.05) is 18.2 Å². The van der Waals surface area contributed by atoms with Crippen LogP contribution in [0.2, 0.25) is 0 Å². The average molecular weight is 186 g/mol. The number of sulfonamides is 1. The lowest BCUT2D eigenvalue weighted by atomic mass is 10.9. The van der Waals surface area contributed by atoms with E-state index in [-0.39, 0.29) is 0 Å². The summed E-state index contributed by atoms with van der Waals surface area (Å²) >= 11 is -2.96. The van der Waals surface area contributed by atoms with Crippen LogP contribution in [0.4, 0.5) is 0 Å². The molecule has 0 aliphatic carbocycles. The lowest BCUT2D eigenvalue weighted by molar-refractivity contribution is -0.109. The molecule has 0 aliphatic rings. The minimum Gasteiger partial charge on any atom is -0.759 e. The third-order valence-electron chi connectivity index (χ3n) is 0.556. The second-order valence-corrected chi connectivity index (χ2v) is 4.03. The number of nitrogens with one attached hydrogen (secondary N) is 1. The Morgan fingerprint density at radius 2 is 2.00 bits per heavy atom. The summed E-state index contributed by atoms with van der Waals surface area (Å²) in [7, 11) is -4.30. The van der Waals surface area contributed by atoms with Gasteiger partial charge in [0.25, 0.3) is 15.1 Å². The summed E-state index contributed by atoms with van der Waals surface area (Å²) in [6.45, 7) is 0.745. The van der Waals surface area contributed by atoms with Crippen molar-refractivity contribution >= 4 is 26.4 Å². The Balaban J connectivity index is 4.46. The first-order valence-electron chi connectivity index (χ1n) is 1.98. The van der Waals surface area contributed by atoms with E-state index in [1.807, 2.05) is 0 Å². The molecule has 0 aromatic rings. The van der Waals surface area contributed by atoms with Crippen LogP contribution in [0.1, 0.15) is 6.92 Å². The van der Waals surface area contributed by atoms with Crippen molar-refractivity contribution in [3.63, 3.8) is 0 Å². The Kier molecular flexibility index (Phi) is 3.09. The van der Waals surface area contributed by atoms with Gasteiger partial charge in [-0.3, -0.25) is 9.00 Å². The zero-order valence-electron chi connectivity index (χ0n) is 4.86. The zero-order valence-corrected chi connectivity index (χ0v) is 6.49. The van der Waals surface area contributed by atoms with Gasteiger partial charge in [-0.2, -0.15) is 0 Å². The van der Waals surface area contributed by atoms with Crippen molar-refractivity contribution in [3.05, 3.63) is 0 Å². The van der Waals surface area contributed by atoms with Crippen molar-refractivity contribution in [2.75, 3.05) is 0 Å². The van der Waals surface area contributed by atoms with Gasteiger partial charge in [-0.1, -0.05) is 0 Å². The molecule has 0 heterocycles. The van der Waals surface area contributed by atoms with E-state index in [4.69, 9.17) is 0 Å². The molecule has 0 bridgehead atoms. The first-order valence-corrected chi connectivity index (χ1v) is 4.54. The lowest BCUT2D eigenvalue weighted by Gasteiger charge is -2.03. The van der Waals surface area contributed by atoms with Gasteiger partial charge in [0.1, 0.15) is 0 Å². The number of hydrogen-bond acceptors (Lipinski definition) is 5. The summed E-state index contributed by atoms with van der Waals surface area (Å²) in [5.74, 6) is 0. The van der Waals surface area contributed by atoms with E-state index >= 15 is 0 Å². The maximum absolute atomic E-state index is 10.3. The van der Waals surface area contributed by atoms with Gasteiger partial charge in [-0.05, 0) is 0 Å². The fourth-order valence-corrected chi connectivity index (χ4v) is 1.33.